The molecule has 4 heteroatoms. The number of rotatable bonds is 4. The van der Waals surface area contributed by atoms with Crippen LogP contribution in [0, 0.1) is 5.92 Å². The van der Waals surface area contributed by atoms with Crippen LogP contribution in [0.15, 0.2) is 18.5 Å². The number of hydrogen-bond donors (Lipinski definition) is 2. The molecule has 0 aromatic carbocycles. The topological polar surface area (TPSA) is 63.8 Å². The van der Waals surface area contributed by atoms with Crippen molar-refractivity contribution >= 4 is 0 Å². The van der Waals surface area contributed by atoms with E-state index < -0.39 is 0 Å². The largest absolute Gasteiger partial charge is 0.271 e. The van der Waals surface area contributed by atoms with Crippen LogP contribution in [0.5, 0.6) is 0 Å². The quantitative estimate of drug-likeness (QED) is 0.536. The normalized spacial score (nSPS) is 13.2. The number of hydrogen-bond acceptors (Lipinski definition) is 4. The highest BCUT2D eigenvalue weighted by Crippen LogP contribution is 2.18. The van der Waals surface area contributed by atoms with Gasteiger partial charge >= 0.3 is 0 Å². The van der Waals surface area contributed by atoms with Crippen molar-refractivity contribution in [1.82, 2.24) is 15.6 Å². The fourth-order valence-electron chi connectivity index (χ4n) is 1.28. The maximum absolute atomic E-state index is 5.45. The van der Waals surface area contributed by atoms with E-state index >= 15 is 0 Å². The third kappa shape index (κ3) is 3.08. The molecule has 0 saturated carbocycles. The van der Waals surface area contributed by atoms with E-state index in [2.05, 4.69) is 29.5 Å². The first kappa shape index (κ1) is 10.1. The first-order valence-electron chi connectivity index (χ1n) is 4.46. The first-order chi connectivity index (χ1) is 6.24. The molecular weight excluding hydrogens is 164 g/mol. The molecule has 1 aromatic rings. The lowest BCUT2D eigenvalue weighted by Gasteiger charge is -2.17. The van der Waals surface area contributed by atoms with Gasteiger partial charge in [-0.05, 0) is 24.0 Å². The molecule has 1 atom stereocenters. The van der Waals surface area contributed by atoms with E-state index in [4.69, 9.17) is 5.84 Å². The average Bonchev–Trinajstić information content (AvgIpc) is 2.15. The summed E-state index contributed by atoms with van der Waals surface area (Å²) in [6, 6.07) is 2.11. The minimum absolute atomic E-state index is 0.176. The van der Waals surface area contributed by atoms with Crippen LogP contribution in [0.25, 0.3) is 0 Å². The van der Waals surface area contributed by atoms with Crippen LogP contribution in [0.2, 0.25) is 0 Å². The summed E-state index contributed by atoms with van der Waals surface area (Å²) in [7, 11) is 0. The van der Waals surface area contributed by atoms with E-state index in [1.54, 1.807) is 12.4 Å². The monoisotopic (exact) mass is 180 g/mol. The predicted octanol–water partition coefficient (Wildman–Crippen LogP) is 1.03. The minimum atomic E-state index is 0.176. The lowest BCUT2D eigenvalue weighted by atomic mass is 9.99. The zero-order valence-corrected chi connectivity index (χ0v) is 8.07. The molecule has 0 aliphatic heterocycles. The van der Waals surface area contributed by atoms with Crippen molar-refractivity contribution in [1.29, 1.82) is 0 Å². The Labute approximate surface area is 78.5 Å². The maximum atomic E-state index is 5.45. The summed E-state index contributed by atoms with van der Waals surface area (Å²) in [5.74, 6) is 6.06. The van der Waals surface area contributed by atoms with Crippen LogP contribution in [0.1, 0.15) is 31.9 Å². The van der Waals surface area contributed by atoms with Crippen LogP contribution in [0.4, 0.5) is 0 Å². The van der Waals surface area contributed by atoms with Gasteiger partial charge in [-0.1, -0.05) is 13.8 Å². The Morgan fingerprint density at radius 2 is 2.23 bits per heavy atom. The van der Waals surface area contributed by atoms with Gasteiger partial charge in [-0.2, -0.15) is 10.2 Å². The van der Waals surface area contributed by atoms with Gasteiger partial charge in [0.1, 0.15) is 0 Å². The van der Waals surface area contributed by atoms with Gasteiger partial charge in [0.15, 0.2) is 0 Å². The molecule has 0 amide bonds. The SMILES string of the molecule is CC(C)CC(NN)c1ccnnc1. The Bertz CT molecular complexity index is 235. The highest BCUT2D eigenvalue weighted by molar-refractivity contribution is 5.10. The highest BCUT2D eigenvalue weighted by Gasteiger charge is 2.10. The molecule has 1 unspecified atom stereocenters. The molecule has 13 heavy (non-hydrogen) atoms. The van der Waals surface area contributed by atoms with Crippen LogP contribution < -0.4 is 11.3 Å². The summed E-state index contributed by atoms with van der Waals surface area (Å²) in [5, 5.41) is 7.54. The van der Waals surface area contributed by atoms with E-state index in [-0.39, 0.29) is 6.04 Å². The Morgan fingerprint density at radius 1 is 1.46 bits per heavy atom. The molecule has 1 aromatic heterocycles. The van der Waals surface area contributed by atoms with Crippen molar-refractivity contribution in [2.45, 2.75) is 26.3 Å². The maximum Gasteiger partial charge on any atom is 0.0544 e. The molecule has 4 nitrogen and oxygen atoms in total. The molecule has 0 fully saturated rings. The van der Waals surface area contributed by atoms with E-state index in [1.807, 2.05) is 6.07 Å². The Kier molecular flexibility index (Phi) is 3.79. The molecule has 72 valence electrons. The van der Waals surface area contributed by atoms with Gasteiger partial charge < -0.3 is 0 Å². The second-order valence-corrected chi connectivity index (χ2v) is 3.52. The van der Waals surface area contributed by atoms with E-state index in [1.165, 1.54) is 0 Å². The van der Waals surface area contributed by atoms with Crippen molar-refractivity contribution in [3.05, 3.63) is 24.0 Å². The molecular formula is C9H16N4. The number of nitrogens with one attached hydrogen (secondary N) is 1. The molecule has 3 N–H and O–H groups in total. The molecule has 0 aliphatic carbocycles. The van der Waals surface area contributed by atoms with E-state index in [0.29, 0.717) is 5.92 Å². The second-order valence-electron chi connectivity index (χ2n) is 3.52. The van der Waals surface area contributed by atoms with E-state index in [0.717, 1.165) is 12.0 Å². The molecule has 0 bridgehead atoms. The van der Waals surface area contributed by atoms with Crippen LogP contribution >= 0.6 is 0 Å². The number of hydrazine groups is 1. The van der Waals surface area contributed by atoms with Crippen LogP contribution in [0.3, 0.4) is 0 Å². The van der Waals surface area contributed by atoms with Crippen LogP contribution in [-0.4, -0.2) is 10.2 Å². The number of aromatic nitrogens is 2. The summed E-state index contributed by atoms with van der Waals surface area (Å²) in [6.07, 6.45) is 4.43. The summed E-state index contributed by atoms with van der Waals surface area (Å²) in [6.45, 7) is 4.33. The average molecular weight is 180 g/mol. The van der Waals surface area contributed by atoms with Gasteiger partial charge in [0, 0.05) is 12.2 Å². The Hall–Kier alpha value is -1.00. The standard InChI is InChI=1S/C9H16N4/c1-7(2)5-9(13-10)8-3-4-11-12-6-8/h3-4,6-7,9,13H,5,10H2,1-2H3. The fraction of sp³-hybridized carbons (Fsp3) is 0.556. The predicted molar refractivity (Wildman–Crippen MR) is 51.6 cm³/mol. The fourth-order valence-corrected chi connectivity index (χ4v) is 1.28. The van der Waals surface area contributed by atoms with Gasteiger partial charge in [0.05, 0.1) is 6.20 Å². The van der Waals surface area contributed by atoms with Crippen molar-refractivity contribution in [3.63, 3.8) is 0 Å². The smallest absolute Gasteiger partial charge is 0.0544 e. The molecule has 1 heterocycles. The first-order valence-corrected chi connectivity index (χ1v) is 4.46. The van der Waals surface area contributed by atoms with Crippen molar-refractivity contribution in [3.8, 4) is 0 Å². The minimum Gasteiger partial charge on any atom is -0.271 e. The second kappa shape index (κ2) is 4.89. The Morgan fingerprint density at radius 3 is 2.69 bits per heavy atom. The summed E-state index contributed by atoms with van der Waals surface area (Å²) in [4.78, 5) is 0. The number of nitrogens with zero attached hydrogens (tertiary/aromatic N) is 2. The third-order valence-electron chi connectivity index (χ3n) is 1.92. The third-order valence-corrected chi connectivity index (χ3v) is 1.92. The zero-order chi connectivity index (χ0) is 9.68. The van der Waals surface area contributed by atoms with Crippen molar-refractivity contribution < 1.29 is 0 Å². The zero-order valence-electron chi connectivity index (χ0n) is 8.07. The van der Waals surface area contributed by atoms with E-state index in [9.17, 15) is 0 Å². The van der Waals surface area contributed by atoms with Crippen molar-refractivity contribution in [2.24, 2.45) is 11.8 Å². The van der Waals surface area contributed by atoms with Gasteiger partial charge in [0.2, 0.25) is 0 Å². The lowest BCUT2D eigenvalue weighted by molar-refractivity contribution is 0.436. The molecule has 0 saturated heterocycles. The van der Waals surface area contributed by atoms with Gasteiger partial charge in [-0.3, -0.25) is 11.3 Å². The molecule has 1 rings (SSSR count). The molecule has 0 radical (unpaired) electrons. The van der Waals surface area contributed by atoms with Crippen molar-refractivity contribution in [2.75, 3.05) is 0 Å². The summed E-state index contributed by atoms with van der Waals surface area (Å²) >= 11 is 0. The lowest BCUT2D eigenvalue weighted by Crippen LogP contribution is -2.29. The van der Waals surface area contributed by atoms with Gasteiger partial charge in [0.25, 0.3) is 0 Å². The van der Waals surface area contributed by atoms with Gasteiger partial charge in [-0.15, -0.1) is 0 Å². The highest BCUT2D eigenvalue weighted by atomic mass is 15.2. The number of nitrogens with two attached hydrogens (primary N) is 1. The molecule has 0 spiro atoms. The van der Waals surface area contributed by atoms with Crippen LogP contribution in [-0.2, 0) is 0 Å². The Balaban J connectivity index is 2.67. The summed E-state index contributed by atoms with van der Waals surface area (Å²) < 4.78 is 0. The van der Waals surface area contributed by atoms with Gasteiger partial charge in [-0.25, -0.2) is 0 Å². The molecule has 0 aliphatic rings. The summed E-state index contributed by atoms with van der Waals surface area (Å²) in [5.41, 5.74) is 3.87.